The number of hydrogen-bond acceptors (Lipinski definition) is 6. The Morgan fingerprint density at radius 3 is 0.951 bits per heavy atom. The zero-order chi connectivity index (χ0) is 27.2. The lowest BCUT2D eigenvalue weighted by Crippen LogP contribution is -2.76. The number of anilines is 8. The summed E-state index contributed by atoms with van der Waals surface area (Å²) in [4.78, 5) is 9.33. The van der Waals surface area contributed by atoms with Crippen LogP contribution in [0.25, 0.3) is 0 Å². The maximum atomic E-state index is 4.66. The molecule has 6 nitrogen and oxygen atoms in total. The molecule has 4 aromatic carbocycles. The SMILES string of the molecule is c1ccc(N2c3ccncc3N(c3ccccc3)[Si]23N(c2ccccc2)c2ccncc2N3c2ccccc2)cc1. The van der Waals surface area contributed by atoms with E-state index < -0.39 is 8.72 Å². The maximum Gasteiger partial charge on any atom is 0.522 e. The van der Waals surface area contributed by atoms with Gasteiger partial charge in [0.05, 0.1) is 35.1 Å². The van der Waals surface area contributed by atoms with Crippen LogP contribution in [-0.2, 0) is 0 Å². The van der Waals surface area contributed by atoms with Gasteiger partial charge in [-0.15, -0.1) is 0 Å². The number of aromatic nitrogens is 2. The minimum Gasteiger partial charge on any atom is -0.313 e. The first kappa shape index (κ1) is 23.5. The van der Waals surface area contributed by atoms with Crippen LogP contribution in [0, 0.1) is 0 Å². The Hall–Kier alpha value is -5.40. The molecule has 4 heterocycles. The first-order chi connectivity index (χ1) is 20.4. The van der Waals surface area contributed by atoms with Gasteiger partial charge in [-0.2, -0.15) is 0 Å². The second-order valence-corrected chi connectivity index (χ2v) is 13.0. The normalized spacial score (nSPS) is 14.8. The van der Waals surface area contributed by atoms with Crippen LogP contribution in [-0.4, -0.2) is 18.7 Å². The van der Waals surface area contributed by atoms with E-state index in [9.17, 15) is 0 Å². The molecule has 2 aromatic heterocycles. The molecule has 41 heavy (non-hydrogen) atoms. The lowest BCUT2D eigenvalue weighted by Gasteiger charge is -2.49. The first-order valence-electron chi connectivity index (χ1n) is 13.7. The van der Waals surface area contributed by atoms with Gasteiger partial charge in [0.1, 0.15) is 0 Å². The molecule has 0 unspecified atom stereocenters. The van der Waals surface area contributed by atoms with Gasteiger partial charge in [0.15, 0.2) is 0 Å². The molecule has 6 aromatic rings. The Morgan fingerprint density at radius 2 is 0.634 bits per heavy atom. The van der Waals surface area contributed by atoms with E-state index in [1.165, 1.54) is 0 Å². The Kier molecular flexibility index (Phi) is 5.36. The van der Waals surface area contributed by atoms with E-state index in [-0.39, 0.29) is 0 Å². The van der Waals surface area contributed by atoms with Crippen molar-refractivity contribution >= 4 is 54.2 Å². The molecule has 0 saturated heterocycles. The standard InChI is InChI=1S/C34H26N6Si/c1-5-13-27(14-6-1)37-31-21-23-35-25-33(31)39(29-17-9-3-10-18-29)41(37)38(28-15-7-2-8-16-28)32-22-24-36-26-34(32)40(41)30-19-11-4-12-20-30/h1-26H. The van der Waals surface area contributed by atoms with E-state index in [4.69, 9.17) is 0 Å². The summed E-state index contributed by atoms with van der Waals surface area (Å²) in [6.45, 7) is 0. The topological polar surface area (TPSA) is 38.7 Å². The third-order valence-corrected chi connectivity index (χ3v) is 12.2. The predicted octanol–water partition coefficient (Wildman–Crippen LogP) is 8.19. The molecule has 0 saturated carbocycles. The van der Waals surface area contributed by atoms with E-state index in [2.05, 4.69) is 162 Å². The number of pyridine rings is 2. The molecule has 0 fully saturated rings. The summed E-state index contributed by atoms with van der Waals surface area (Å²) >= 11 is 0. The fourth-order valence-electron chi connectivity index (χ4n) is 6.28. The van der Waals surface area contributed by atoms with Gasteiger partial charge >= 0.3 is 8.72 Å². The quantitative estimate of drug-likeness (QED) is 0.208. The van der Waals surface area contributed by atoms with Gasteiger partial charge < -0.3 is 18.3 Å². The third-order valence-electron chi connectivity index (χ3n) is 7.78. The highest BCUT2D eigenvalue weighted by atomic mass is 28.4. The molecule has 2 aliphatic heterocycles. The average Bonchev–Trinajstić information content (AvgIpc) is 3.51. The zero-order valence-electron chi connectivity index (χ0n) is 22.2. The van der Waals surface area contributed by atoms with Crippen molar-refractivity contribution in [2.45, 2.75) is 0 Å². The predicted molar refractivity (Wildman–Crippen MR) is 169 cm³/mol. The highest BCUT2D eigenvalue weighted by Gasteiger charge is 2.70. The Bertz CT molecular complexity index is 1550. The fourth-order valence-corrected chi connectivity index (χ4v) is 11.5. The highest BCUT2D eigenvalue weighted by molar-refractivity contribution is 6.99. The summed E-state index contributed by atoms with van der Waals surface area (Å²) in [7, 11) is -3.31. The zero-order valence-corrected chi connectivity index (χ0v) is 23.2. The van der Waals surface area contributed by atoms with Crippen LogP contribution in [0.3, 0.4) is 0 Å². The molecule has 196 valence electrons. The molecule has 7 heteroatoms. The van der Waals surface area contributed by atoms with E-state index >= 15 is 0 Å². The first-order valence-corrected chi connectivity index (χ1v) is 15.5. The van der Waals surface area contributed by atoms with E-state index in [0.717, 1.165) is 45.5 Å². The smallest absolute Gasteiger partial charge is 0.313 e. The van der Waals surface area contributed by atoms with Crippen LogP contribution in [0.1, 0.15) is 0 Å². The van der Waals surface area contributed by atoms with Gasteiger partial charge in [-0.05, 0) is 60.7 Å². The van der Waals surface area contributed by atoms with Gasteiger partial charge in [0.2, 0.25) is 0 Å². The summed E-state index contributed by atoms with van der Waals surface area (Å²) in [5.74, 6) is 0. The minimum absolute atomic E-state index is 1.07. The number of nitrogens with zero attached hydrogens (tertiary/aromatic N) is 6. The number of para-hydroxylation sites is 4. The van der Waals surface area contributed by atoms with Crippen molar-refractivity contribution < 1.29 is 0 Å². The molecular weight excluding hydrogens is 521 g/mol. The van der Waals surface area contributed by atoms with Gasteiger partial charge in [-0.25, -0.2) is 0 Å². The number of hydrogen-bond donors (Lipinski definition) is 0. The summed E-state index contributed by atoms with van der Waals surface area (Å²) < 4.78 is 10.2. The van der Waals surface area contributed by atoms with Crippen molar-refractivity contribution in [1.29, 1.82) is 0 Å². The lowest BCUT2D eigenvalue weighted by atomic mass is 10.2. The molecule has 0 N–H and O–H groups in total. The van der Waals surface area contributed by atoms with Crippen molar-refractivity contribution in [2.75, 3.05) is 18.3 Å². The van der Waals surface area contributed by atoms with Crippen LogP contribution < -0.4 is 18.3 Å². The molecule has 2 aliphatic rings. The van der Waals surface area contributed by atoms with E-state index in [1.54, 1.807) is 0 Å². The highest BCUT2D eigenvalue weighted by Crippen LogP contribution is 2.61. The van der Waals surface area contributed by atoms with Gasteiger partial charge in [-0.3, -0.25) is 9.97 Å². The van der Waals surface area contributed by atoms with Crippen LogP contribution in [0.15, 0.2) is 158 Å². The average molecular weight is 547 g/mol. The van der Waals surface area contributed by atoms with Crippen molar-refractivity contribution in [2.24, 2.45) is 0 Å². The summed E-state index contributed by atoms with van der Waals surface area (Å²) in [6.07, 6.45) is 7.81. The molecule has 0 aliphatic carbocycles. The second kappa shape index (κ2) is 9.36. The maximum absolute atomic E-state index is 4.66. The molecule has 8 rings (SSSR count). The van der Waals surface area contributed by atoms with Crippen LogP contribution in [0.4, 0.5) is 45.5 Å². The largest absolute Gasteiger partial charge is 0.522 e. The Balaban J connectivity index is 1.57. The Morgan fingerprint density at radius 1 is 0.341 bits per heavy atom. The fraction of sp³-hybridized carbons (Fsp3) is 0. The molecule has 0 bridgehead atoms. The molecule has 0 amide bonds. The van der Waals surface area contributed by atoms with Crippen molar-refractivity contribution in [3.8, 4) is 0 Å². The molecular formula is C34H26N6Si. The second-order valence-electron chi connectivity index (χ2n) is 10.0. The summed E-state index contributed by atoms with van der Waals surface area (Å²) in [5, 5.41) is 0. The van der Waals surface area contributed by atoms with Crippen molar-refractivity contribution in [3.63, 3.8) is 0 Å². The van der Waals surface area contributed by atoms with Crippen LogP contribution in [0.2, 0.25) is 0 Å². The van der Waals surface area contributed by atoms with Gasteiger partial charge in [-0.1, -0.05) is 72.8 Å². The van der Waals surface area contributed by atoms with Gasteiger partial charge in [0, 0.05) is 35.1 Å². The van der Waals surface area contributed by atoms with Crippen molar-refractivity contribution in [1.82, 2.24) is 9.97 Å². The number of benzene rings is 4. The molecule has 1 spiro atoms. The molecule has 0 atom stereocenters. The lowest BCUT2D eigenvalue weighted by molar-refractivity contribution is 1.18. The van der Waals surface area contributed by atoms with Crippen LogP contribution in [0.5, 0.6) is 0 Å². The molecule has 0 radical (unpaired) electrons. The third kappa shape index (κ3) is 3.36. The van der Waals surface area contributed by atoms with Gasteiger partial charge in [0.25, 0.3) is 0 Å². The van der Waals surface area contributed by atoms with Crippen molar-refractivity contribution in [3.05, 3.63) is 158 Å². The number of fused-ring (bicyclic) bond motifs is 2. The van der Waals surface area contributed by atoms with E-state index in [0.29, 0.717) is 0 Å². The Labute approximate surface area is 240 Å². The minimum atomic E-state index is -3.31. The monoisotopic (exact) mass is 546 g/mol. The summed E-state index contributed by atoms with van der Waals surface area (Å²) in [6, 6.07) is 47.2. The summed E-state index contributed by atoms with van der Waals surface area (Å²) in [5.41, 5.74) is 8.81. The van der Waals surface area contributed by atoms with E-state index in [1.807, 2.05) is 24.8 Å². The van der Waals surface area contributed by atoms with Crippen LogP contribution >= 0.6 is 0 Å². The number of rotatable bonds is 4.